The van der Waals surface area contributed by atoms with Gasteiger partial charge in [0, 0.05) is 0 Å². The average molecular weight is 204 g/mol. The summed E-state index contributed by atoms with van der Waals surface area (Å²) in [6.07, 6.45) is 0. The Morgan fingerprint density at radius 3 is 2.38 bits per heavy atom. The summed E-state index contributed by atoms with van der Waals surface area (Å²) in [6.45, 7) is 3.53. The molecule has 0 aromatic heterocycles. The van der Waals surface area contributed by atoms with Crippen LogP contribution in [0.15, 0.2) is 18.2 Å². The molecule has 0 aliphatic rings. The van der Waals surface area contributed by atoms with E-state index in [2.05, 4.69) is 0 Å². The molecule has 1 atom stereocenters. The number of hydrogen-bond donors (Lipinski definition) is 1. The van der Waals surface area contributed by atoms with Gasteiger partial charge >= 0.3 is 0 Å². The minimum absolute atomic E-state index is 0. The molecule has 13 heavy (non-hydrogen) atoms. The molecule has 3 heteroatoms. The Labute approximate surface area is 84.5 Å². The van der Waals surface area contributed by atoms with E-state index in [9.17, 15) is 4.39 Å². The Morgan fingerprint density at radius 2 is 1.92 bits per heavy atom. The number of benzene rings is 1. The lowest BCUT2D eigenvalue weighted by Gasteiger charge is -2.09. The third-order valence-corrected chi connectivity index (χ3v) is 2.13. The number of hydrogen-bond acceptors (Lipinski definition) is 1. The van der Waals surface area contributed by atoms with Gasteiger partial charge in [0.05, 0.1) is 6.04 Å². The number of halogens is 2. The fourth-order valence-electron chi connectivity index (χ4n) is 1.08. The molecule has 0 spiro atoms. The second kappa shape index (κ2) is 5.20. The second-order valence-corrected chi connectivity index (χ2v) is 3.10. The van der Waals surface area contributed by atoms with Crippen LogP contribution in [-0.2, 0) is 0 Å². The van der Waals surface area contributed by atoms with Gasteiger partial charge in [0.25, 0.3) is 0 Å². The van der Waals surface area contributed by atoms with Crippen molar-refractivity contribution in [3.05, 3.63) is 34.9 Å². The van der Waals surface area contributed by atoms with Gasteiger partial charge in [-0.25, -0.2) is 4.39 Å². The van der Waals surface area contributed by atoms with Crippen LogP contribution < -0.4 is 5.73 Å². The van der Waals surface area contributed by atoms with E-state index < -0.39 is 12.7 Å². The first-order valence-corrected chi connectivity index (χ1v) is 4.04. The van der Waals surface area contributed by atoms with Crippen molar-refractivity contribution in [2.24, 2.45) is 5.73 Å². The van der Waals surface area contributed by atoms with Crippen molar-refractivity contribution in [3.63, 3.8) is 0 Å². The first kappa shape index (κ1) is 12.4. The lowest BCUT2D eigenvalue weighted by atomic mass is 10.0. The summed E-state index contributed by atoms with van der Waals surface area (Å²) in [6, 6.07) is 5.33. The zero-order chi connectivity index (χ0) is 9.14. The van der Waals surface area contributed by atoms with E-state index in [1.165, 1.54) is 5.56 Å². The highest BCUT2D eigenvalue weighted by Gasteiger charge is 2.05. The van der Waals surface area contributed by atoms with Crippen molar-refractivity contribution in [2.75, 3.05) is 6.67 Å². The molecule has 0 unspecified atom stereocenters. The van der Waals surface area contributed by atoms with E-state index in [0.29, 0.717) is 0 Å². The van der Waals surface area contributed by atoms with E-state index in [1.54, 1.807) is 0 Å². The second-order valence-electron chi connectivity index (χ2n) is 3.10. The number of aryl methyl sites for hydroxylation is 2. The quantitative estimate of drug-likeness (QED) is 0.786. The summed E-state index contributed by atoms with van der Waals surface area (Å²) >= 11 is 0. The molecule has 0 heterocycles. The van der Waals surface area contributed by atoms with Crippen LogP contribution in [0.25, 0.3) is 0 Å². The molecule has 0 aliphatic carbocycles. The molecular weight excluding hydrogens is 189 g/mol. The molecule has 0 saturated carbocycles. The van der Waals surface area contributed by atoms with E-state index in [-0.39, 0.29) is 12.4 Å². The van der Waals surface area contributed by atoms with Gasteiger partial charge in [-0.3, -0.25) is 0 Å². The van der Waals surface area contributed by atoms with Crippen molar-refractivity contribution in [2.45, 2.75) is 19.9 Å². The van der Waals surface area contributed by atoms with Crippen LogP contribution in [0.4, 0.5) is 4.39 Å². The molecule has 1 nitrogen and oxygen atoms in total. The Kier molecular flexibility index (Phi) is 4.96. The first-order valence-electron chi connectivity index (χ1n) is 4.04. The van der Waals surface area contributed by atoms with E-state index in [4.69, 9.17) is 5.73 Å². The van der Waals surface area contributed by atoms with Gasteiger partial charge in [-0.15, -0.1) is 12.4 Å². The predicted molar refractivity (Wildman–Crippen MR) is 56.1 cm³/mol. The lowest BCUT2D eigenvalue weighted by molar-refractivity contribution is 0.437. The van der Waals surface area contributed by atoms with Gasteiger partial charge in [-0.1, -0.05) is 18.2 Å². The topological polar surface area (TPSA) is 26.0 Å². The lowest BCUT2D eigenvalue weighted by Crippen LogP contribution is -2.12. The zero-order valence-corrected chi connectivity index (χ0v) is 8.70. The summed E-state index contributed by atoms with van der Waals surface area (Å²) < 4.78 is 12.2. The monoisotopic (exact) mass is 203 g/mol. The molecule has 0 saturated heterocycles. The molecule has 2 N–H and O–H groups in total. The van der Waals surface area contributed by atoms with Crippen molar-refractivity contribution in [1.82, 2.24) is 0 Å². The molecule has 74 valence electrons. The van der Waals surface area contributed by atoms with E-state index >= 15 is 0 Å². The van der Waals surface area contributed by atoms with Crippen LogP contribution in [0, 0.1) is 13.8 Å². The fourth-order valence-corrected chi connectivity index (χ4v) is 1.08. The highest BCUT2D eigenvalue weighted by atomic mass is 35.5. The third-order valence-electron chi connectivity index (χ3n) is 2.13. The Bertz CT molecular complexity index is 276. The molecule has 1 aromatic rings. The van der Waals surface area contributed by atoms with Crippen molar-refractivity contribution in [1.29, 1.82) is 0 Å². The maximum Gasteiger partial charge on any atom is 0.109 e. The van der Waals surface area contributed by atoms with Gasteiger partial charge in [0.2, 0.25) is 0 Å². The third kappa shape index (κ3) is 2.98. The molecular formula is C10H15ClFN. The van der Waals surface area contributed by atoms with Crippen LogP contribution in [0.3, 0.4) is 0 Å². The van der Waals surface area contributed by atoms with Crippen molar-refractivity contribution < 1.29 is 4.39 Å². The Morgan fingerprint density at radius 1 is 1.31 bits per heavy atom. The van der Waals surface area contributed by atoms with Gasteiger partial charge in [0.15, 0.2) is 0 Å². The number of rotatable bonds is 2. The molecule has 0 fully saturated rings. The summed E-state index contributed by atoms with van der Waals surface area (Å²) in [4.78, 5) is 0. The SMILES string of the molecule is Cc1ccc([C@H](N)CF)cc1C.Cl. The average Bonchev–Trinajstić information content (AvgIpc) is 2.08. The molecule has 0 radical (unpaired) electrons. The van der Waals surface area contributed by atoms with Gasteiger partial charge in [0.1, 0.15) is 6.67 Å². The predicted octanol–water partition coefficient (Wildman–Crippen LogP) is 2.69. The largest absolute Gasteiger partial charge is 0.322 e. The molecule has 0 aliphatic heterocycles. The highest BCUT2D eigenvalue weighted by molar-refractivity contribution is 5.85. The first-order chi connectivity index (χ1) is 5.65. The Balaban J connectivity index is 0.00000144. The maximum absolute atomic E-state index is 12.2. The summed E-state index contributed by atoms with van der Waals surface area (Å²) in [7, 11) is 0. The fraction of sp³-hybridized carbons (Fsp3) is 0.400. The molecule has 0 amide bonds. The van der Waals surface area contributed by atoms with Crippen molar-refractivity contribution >= 4 is 12.4 Å². The summed E-state index contributed by atoms with van der Waals surface area (Å²) in [5, 5.41) is 0. The van der Waals surface area contributed by atoms with Crippen LogP contribution in [0.1, 0.15) is 22.7 Å². The normalized spacial score (nSPS) is 12.0. The van der Waals surface area contributed by atoms with Gasteiger partial charge in [-0.05, 0) is 30.5 Å². The van der Waals surface area contributed by atoms with Crippen LogP contribution in [0.5, 0.6) is 0 Å². The molecule has 1 rings (SSSR count). The molecule has 0 bridgehead atoms. The number of alkyl halides is 1. The zero-order valence-electron chi connectivity index (χ0n) is 7.88. The minimum atomic E-state index is -0.498. The van der Waals surface area contributed by atoms with Crippen LogP contribution in [-0.4, -0.2) is 6.67 Å². The standard InChI is InChI=1S/C10H14FN.ClH/c1-7-3-4-9(5-8(7)2)10(12)6-11;/h3-5,10H,6,12H2,1-2H3;1H/t10-;/m1./s1. The van der Waals surface area contributed by atoms with Crippen molar-refractivity contribution in [3.8, 4) is 0 Å². The summed E-state index contributed by atoms with van der Waals surface area (Å²) in [5.74, 6) is 0. The summed E-state index contributed by atoms with van der Waals surface area (Å²) in [5.41, 5.74) is 8.79. The Hall–Kier alpha value is -0.600. The van der Waals surface area contributed by atoms with E-state index in [1.807, 2.05) is 32.0 Å². The highest BCUT2D eigenvalue weighted by Crippen LogP contribution is 2.15. The maximum atomic E-state index is 12.2. The van der Waals surface area contributed by atoms with Crippen LogP contribution in [0.2, 0.25) is 0 Å². The van der Waals surface area contributed by atoms with Gasteiger partial charge in [-0.2, -0.15) is 0 Å². The smallest absolute Gasteiger partial charge is 0.109 e. The van der Waals surface area contributed by atoms with Crippen LogP contribution >= 0.6 is 12.4 Å². The number of nitrogens with two attached hydrogens (primary N) is 1. The van der Waals surface area contributed by atoms with Gasteiger partial charge < -0.3 is 5.73 Å². The van der Waals surface area contributed by atoms with E-state index in [0.717, 1.165) is 11.1 Å². The molecule has 1 aromatic carbocycles. The minimum Gasteiger partial charge on any atom is -0.322 e.